The van der Waals surface area contributed by atoms with Gasteiger partial charge in [0.15, 0.2) is 0 Å². The molecule has 0 rings (SSSR count). The summed E-state index contributed by atoms with van der Waals surface area (Å²) in [7, 11) is 0. The first-order valence-corrected chi connectivity index (χ1v) is 5.08. The predicted octanol–water partition coefficient (Wildman–Crippen LogP) is 2.04. The summed E-state index contributed by atoms with van der Waals surface area (Å²) in [4.78, 5) is 10.1. The van der Waals surface area contributed by atoms with Gasteiger partial charge >= 0.3 is 0 Å². The highest BCUT2D eigenvalue weighted by molar-refractivity contribution is 5.63. The highest BCUT2D eigenvalue weighted by Crippen LogP contribution is 2.06. The fourth-order valence-electron chi connectivity index (χ4n) is 1.23. The lowest BCUT2D eigenvalue weighted by Crippen LogP contribution is -2.21. The van der Waals surface area contributed by atoms with Gasteiger partial charge in [0.25, 0.3) is 0 Å². The van der Waals surface area contributed by atoms with Crippen LogP contribution in [-0.2, 0) is 4.79 Å². The van der Waals surface area contributed by atoms with Gasteiger partial charge in [-0.1, -0.05) is 31.4 Å². The largest absolute Gasteiger partial charge is 0.550 e. The van der Waals surface area contributed by atoms with Gasteiger partial charge in [0.1, 0.15) is 0 Å². The minimum atomic E-state index is -0.922. The van der Waals surface area contributed by atoms with Gasteiger partial charge in [-0.2, -0.15) is 0 Å². The first-order chi connectivity index (χ1) is 6.27. The molecule has 0 saturated carbocycles. The van der Waals surface area contributed by atoms with Crippen LogP contribution in [0.4, 0.5) is 0 Å². The summed E-state index contributed by atoms with van der Waals surface area (Å²) in [6.45, 7) is 2.03. The van der Waals surface area contributed by atoms with Crippen molar-refractivity contribution < 1.29 is 9.90 Å². The Morgan fingerprint density at radius 1 is 1.15 bits per heavy atom. The van der Waals surface area contributed by atoms with E-state index >= 15 is 0 Å². The Labute approximate surface area is 80.7 Å². The van der Waals surface area contributed by atoms with Crippen molar-refractivity contribution in [2.24, 2.45) is 0 Å². The normalized spacial score (nSPS) is 10.8. The summed E-state index contributed by atoms with van der Waals surface area (Å²) in [5.74, 6) is -0.922. The molecule has 0 fully saturated rings. The van der Waals surface area contributed by atoms with Crippen molar-refractivity contribution in [1.82, 2.24) is 0 Å². The molecule has 0 aliphatic heterocycles. The third kappa shape index (κ3) is 11.2. The Morgan fingerprint density at radius 2 is 1.77 bits per heavy atom. The smallest absolute Gasteiger partial charge is 0.0414 e. The highest BCUT2D eigenvalue weighted by Gasteiger charge is 1.90. The predicted molar refractivity (Wildman–Crippen MR) is 52.1 cm³/mol. The lowest BCUT2D eigenvalue weighted by molar-refractivity contribution is -0.305. The minimum absolute atomic E-state index is 0.217. The lowest BCUT2D eigenvalue weighted by atomic mass is 10.1. The quantitative estimate of drug-likeness (QED) is 0.427. The van der Waals surface area contributed by atoms with Crippen LogP contribution in [-0.4, -0.2) is 5.97 Å². The van der Waals surface area contributed by atoms with Crippen molar-refractivity contribution in [2.45, 2.75) is 51.9 Å². The van der Waals surface area contributed by atoms with Gasteiger partial charge in [-0.05, 0) is 32.6 Å². The maximum Gasteiger partial charge on any atom is 0.0414 e. The molecule has 0 heterocycles. The Kier molecular flexibility index (Phi) is 8.73. The average molecular weight is 183 g/mol. The van der Waals surface area contributed by atoms with E-state index in [-0.39, 0.29) is 6.42 Å². The third-order valence-electron chi connectivity index (χ3n) is 1.99. The summed E-state index contributed by atoms with van der Waals surface area (Å²) in [5, 5.41) is 10.1. The number of aliphatic carboxylic acids is 1. The van der Waals surface area contributed by atoms with E-state index in [1.807, 2.05) is 6.92 Å². The van der Waals surface area contributed by atoms with Gasteiger partial charge in [-0.25, -0.2) is 0 Å². The molecule has 2 nitrogen and oxygen atoms in total. The van der Waals surface area contributed by atoms with Crippen molar-refractivity contribution >= 4 is 5.97 Å². The first-order valence-electron chi connectivity index (χ1n) is 5.08. The molecule has 13 heavy (non-hydrogen) atoms. The number of hydrogen-bond acceptors (Lipinski definition) is 2. The Bertz CT molecular complexity index is 150. The molecule has 0 amide bonds. The lowest BCUT2D eigenvalue weighted by Gasteiger charge is -2.01. The van der Waals surface area contributed by atoms with Gasteiger partial charge in [-0.15, -0.1) is 0 Å². The molecule has 0 radical (unpaired) electrons. The molecule has 76 valence electrons. The monoisotopic (exact) mass is 183 g/mol. The van der Waals surface area contributed by atoms with E-state index in [9.17, 15) is 9.90 Å². The zero-order valence-electron chi connectivity index (χ0n) is 8.42. The van der Waals surface area contributed by atoms with Gasteiger partial charge < -0.3 is 9.90 Å². The zero-order valence-corrected chi connectivity index (χ0v) is 8.42. The van der Waals surface area contributed by atoms with Crippen LogP contribution in [0.1, 0.15) is 51.9 Å². The molecule has 0 N–H and O–H groups in total. The van der Waals surface area contributed by atoms with Crippen LogP contribution in [0.2, 0.25) is 0 Å². The molecule has 0 unspecified atom stereocenters. The molecule has 0 bridgehead atoms. The second-order valence-corrected chi connectivity index (χ2v) is 3.25. The van der Waals surface area contributed by atoms with Gasteiger partial charge in [0.05, 0.1) is 0 Å². The summed E-state index contributed by atoms with van der Waals surface area (Å²) >= 11 is 0. The fourth-order valence-corrected chi connectivity index (χ4v) is 1.23. The van der Waals surface area contributed by atoms with E-state index in [1.54, 1.807) is 0 Å². The Balaban J connectivity index is 2.95. The van der Waals surface area contributed by atoms with Gasteiger partial charge in [-0.3, -0.25) is 0 Å². The maximum atomic E-state index is 10.1. The van der Waals surface area contributed by atoms with Gasteiger partial charge in [0.2, 0.25) is 0 Å². The minimum Gasteiger partial charge on any atom is -0.550 e. The van der Waals surface area contributed by atoms with E-state index in [2.05, 4.69) is 12.2 Å². The highest BCUT2D eigenvalue weighted by atomic mass is 16.4. The molecule has 0 aliphatic rings. The third-order valence-corrected chi connectivity index (χ3v) is 1.99. The number of allylic oxidation sites excluding steroid dienone is 2. The molecule has 0 aromatic rings. The van der Waals surface area contributed by atoms with Crippen LogP contribution in [0.25, 0.3) is 0 Å². The molecule has 0 aromatic carbocycles. The van der Waals surface area contributed by atoms with Crippen LogP contribution in [0.3, 0.4) is 0 Å². The van der Waals surface area contributed by atoms with Gasteiger partial charge in [0, 0.05) is 5.97 Å². The summed E-state index contributed by atoms with van der Waals surface area (Å²) in [6, 6.07) is 0. The van der Waals surface area contributed by atoms with Crippen molar-refractivity contribution in [3.63, 3.8) is 0 Å². The summed E-state index contributed by atoms with van der Waals surface area (Å²) < 4.78 is 0. The van der Waals surface area contributed by atoms with E-state index in [4.69, 9.17) is 0 Å². The van der Waals surface area contributed by atoms with Crippen LogP contribution >= 0.6 is 0 Å². The van der Waals surface area contributed by atoms with E-state index < -0.39 is 5.97 Å². The number of carboxylic acids is 1. The first kappa shape index (κ1) is 12.2. The Hall–Kier alpha value is -0.790. The van der Waals surface area contributed by atoms with Crippen molar-refractivity contribution in [2.75, 3.05) is 0 Å². The number of carboxylic acid groups (broad SMARTS) is 1. The standard InChI is InChI=1S/C11H20O2/c1-2-3-4-5-6-7-8-9-10-11(12)13/h2-3H,4-10H2,1H3,(H,12,13)/p-1/b3-2+. The molecule has 0 aliphatic carbocycles. The van der Waals surface area contributed by atoms with Crippen LogP contribution in [0.15, 0.2) is 12.2 Å². The average Bonchev–Trinajstić information content (AvgIpc) is 2.09. The van der Waals surface area contributed by atoms with E-state index in [0.717, 1.165) is 25.7 Å². The number of carbonyl (C=O) groups excluding carboxylic acids is 1. The molecule has 0 aromatic heterocycles. The summed E-state index contributed by atoms with van der Waals surface area (Å²) in [6.07, 6.45) is 11.0. The number of carbonyl (C=O) groups is 1. The van der Waals surface area contributed by atoms with Crippen LogP contribution in [0.5, 0.6) is 0 Å². The van der Waals surface area contributed by atoms with Crippen LogP contribution < -0.4 is 5.11 Å². The summed E-state index contributed by atoms with van der Waals surface area (Å²) in [5.41, 5.74) is 0. The SMILES string of the molecule is C/C=C/CCCCCCCC(=O)[O-]. The Morgan fingerprint density at radius 3 is 2.38 bits per heavy atom. The molecular formula is C11H19O2-. The topological polar surface area (TPSA) is 40.1 Å². The number of rotatable bonds is 8. The van der Waals surface area contributed by atoms with Crippen LogP contribution in [0, 0.1) is 0 Å². The zero-order chi connectivity index (χ0) is 9.94. The number of hydrogen-bond donors (Lipinski definition) is 0. The second-order valence-electron chi connectivity index (χ2n) is 3.25. The molecule has 0 atom stereocenters. The molecular weight excluding hydrogens is 164 g/mol. The fraction of sp³-hybridized carbons (Fsp3) is 0.727. The molecule has 2 heteroatoms. The van der Waals surface area contributed by atoms with Crippen molar-refractivity contribution in [3.05, 3.63) is 12.2 Å². The molecule has 0 saturated heterocycles. The molecule has 0 spiro atoms. The van der Waals surface area contributed by atoms with Crippen molar-refractivity contribution in [3.8, 4) is 0 Å². The van der Waals surface area contributed by atoms with E-state index in [0.29, 0.717) is 0 Å². The maximum absolute atomic E-state index is 10.1. The number of unbranched alkanes of at least 4 members (excludes halogenated alkanes) is 5. The second kappa shape index (κ2) is 9.30. The van der Waals surface area contributed by atoms with Crippen molar-refractivity contribution in [1.29, 1.82) is 0 Å². The van der Waals surface area contributed by atoms with E-state index in [1.165, 1.54) is 12.8 Å².